The number of nitrogens with zero attached hydrogens (tertiary/aromatic N) is 2. The van der Waals surface area contributed by atoms with E-state index >= 15 is 0 Å². The number of halogens is 1. The number of epoxide rings is 1. The van der Waals surface area contributed by atoms with Gasteiger partial charge in [0.25, 0.3) is 0 Å². The molecule has 3 aliphatic rings. The molecule has 1 aromatic rings. The van der Waals surface area contributed by atoms with Gasteiger partial charge in [-0.3, -0.25) is 14.9 Å². The summed E-state index contributed by atoms with van der Waals surface area (Å²) in [5.41, 5.74) is -1.97. The number of aliphatic hydroxyl groups is 1. The van der Waals surface area contributed by atoms with Crippen LogP contribution in [0.4, 0.5) is 10.5 Å². The number of rotatable bonds is 8. The largest absolute Gasteiger partial charge is 0.495 e. The minimum atomic E-state index is -1.85. The Balaban J connectivity index is 1.78. The number of ether oxygens (including phenoxy) is 5. The second-order valence-electron chi connectivity index (χ2n) is 16.1. The van der Waals surface area contributed by atoms with E-state index in [1.807, 2.05) is 40.7 Å². The summed E-state index contributed by atoms with van der Waals surface area (Å²) >= 11 is 11.3. The summed E-state index contributed by atoms with van der Waals surface area (Å²) < 4.78 is 29.1. The molecule has 0 aliphatic carbocycles. The third-order valence-electron chi connectivity index (χ3n) is 10.8. The Morgan fingerprint density at radius 1 is 1.22 bits per heavy atom. The van der Waals surface area contributed by atoms with E-state index in [-0.39, 0.29) is 34.9 Å². The van der Waals surface area contributed by atoms with E-state index < -0.39 is 65.2 Å². The van der Waals surface area contributed by atoms with Crippen LogP contribution in [-0.2, 0) is 39.8 Å². The number of methoxy groups -OCH3 is 2. The second kappa shape index (κ2) is 16.4. The molecule has 1 aromatic carbocycles. The van der Waals surface area contributed by atoms with Gasteiger partial charge in [0.15, 0.2) is 5.72 Å². The molecule has 3 aliphatic heterocycles. The second-order valence-corrected chi connectivity index (χ2v) is 17.7. The van der Waals surface area contributed by atoms with Crippen LogP contribution in [0.15, 0.2) is 35.9 Å². The van der Waals surface area contributed by atoms with Gasteiger partial charge in [-0.25, -0.2) is 9.59 Å². The first-order chi connectivity index (χ1) is 25.0. The zero-order chi connectivity index (χ0) is 40.6. The molecule has 3 unspecified atom stereocenters. The number of anilines is 1. The number of thiol groups is 1. The summed E-state index contributed by atoms with van der Waals surface area (Å²) in [6.45, 7) is 12.7. The Morgan fingerprint density at radius 3 is 2.50 bits per heavy atom. The molecule has 2 N–H and O–H groups in total. The van der Waals surface area contributed by atoms with E-state index in [1.165, 1.54) is 31.1 Å². The predicted molar refractivity (Wildman–Crippen MR) is 208 cm³/mol. The number of benzene rings is 1. The molecule has 0 saturated carbocycles. The van der Waals surface area contributed by atoms with Gasteiger partial charge in [-0.05, 0) is 51.3 Å². The van der Waals surface area contributed by atoms with Crippen LogP contribution in [0.3, 0.4) is 0 Å². The lowest BCUT2D eigenvalue weighted by Crippen LogP contribution is -2.65. The first-order valence-electron chi connectivity index (χ1n) is 18.0. The molecular weight excluding hydrogens is 738 g/mol. The third-order valence-corrected chi connectivity index (χ3v) is 11.4. The van der Waals surface area contributed by atoms with Gasteiger partial charge in [-0.15, -0.1) is 0 Å². The molecule has 0 radical (unpaired) electrons. The zero-order valence-electron chi connectivity index (χ0n) is 33.2. The fraction of sp³-hybridized carbons (Fsp3) is 0.641. The van der Waals surface area contributed by atoms with E-state index in [4.69, 9.17) is 35.3 Å². The lowest BCUT2D eigenvalue weighted by Gasteiger charge is -2.45. The van der Waals surface area contributed by atoms with Crippen LogP contribution < -0.4 is 15.0 Å². The molecule has 0 aromatic heterocycles. The van der Waals surface area contributed by atoms with Crippen LogP contribution in [0.25, 0.3) is 0 Å². The summed E-state index contributed by atoms with van der Waals surface area (Å²) in [5.74, 6) is -1.06. The number of hydrogen-bond acceptors (Lipinski definition) is 11. The first-order valence-corrected chi connectivity index (χ1v) is 18.9. The Bertz CT molecular complexity index is 1680. The van der Waals surface area contributed by atoms with E-state index in [9.17, 15) is 24.3 Å². The highest BCUT2D eigenvalue weighted by molar-refractivity contribution is 7.81. The monoisotopic (exact) mass is 793 g/mol. The highest BCUT2D eigenvalue weighted by atomic mass is 35.5. The van der Waals surface area contributed by atoms with Crippen LogP contribution >= 0.6 is 24.2 Å². The number of amides is 3. The molecule has 7 atom stereocenters. The average Bonchev–Trinajstić information content (AvgIpc) is 3.80. The number of carbonyl (C=O) groups is 4. The van der Waals surface area contributed by atoms with Crippen LogP contribution in [0, 0.1) is 5.41 Å². The van der Waals surface area contributed by atoms with Crippen molar-refractivity contribution in [2.45, 2.75) is 127 Å². The van der Waals surface area contributed by atoms with Crippen molar-refractivity contribution in [2.75, 3.05) is 33.2 Å². The quantitative estimate of drug-likeness (QED) is 0.177. The van der Waals surface area contributed by atoms with Gasteiger partial charge in [-0.1, -0.05) is 63.1 Å². The molecule has 4 bridgehead atoms. The molecule has 4 rings (SSSR count). The number of alkyl carbamates (subject to hydrolysis) is 1. The van der Waals surface area contributed by atoms with Crippen molar-refractivity contribution in [3.8, 4) is 5.75 Å². The molecule has 0 spiro atoms. The normalized spacial score (nSPS) is 29.2. The fourth-order valence-electron chi connectivity index (χ4n) is 7.10. The van der Waals surface area contributed by atoms with Gasteiger partial charge in [0.05, 0.1) is 25.3 Å². The molecule has 13 nitrogen and oxygen atoms in total. The Labute approximate surface area is 329 Å². The van der Waals surface area contributed by atoms with Crippen LogP contribution in [0.1, 0.15) is 79.7 Å². The highest BCUT2D eigenvalue weighted by Crippen LogP contribution is 2.54. The number of fused-ring (bicyclic) bond motifs is 5. The van der Waals surface area contributed by atoms with E-state index in [0.717, 1.165) is 11.1 Å². The SMILES string of the molecule is COc1cc2cc(c1Cl)N(C)C(=O)CC(OC(=O)C(C)N(C)C(=O)CCC(C)(C)S)[C@]1(C)O[C@H]1C(C)(C)[C@H]1C[C@@](O)(NC(=O)O1)C(OC)C=CC=C(C)C2. The summed E-state index contributed by atoms with van der Waals surface area (Å²) in [5, 5.41) is 14.6. The first kappa shape index (κ1) is 43.4. The smallest absolute Gasteiger partial charge is 0.409 e. The maximum atomic E-state index is 14.2. The number of allylic oxidation sites excluding steroid dienone is 3. The maximum absolute atomic E-state index is 14.2. The number of carbonyl (C=O) groups excluding carboxylic acids is 4. The molecule has 2 saturated heterocycles. The summed E-state index contributed by atoms with van der Waals surface area (Å²) in [6.07, 6.45) is 1.42. The van der Waals surface area contributed by atoms with Gasteiger partial charge >= 0.3 is 12.1 Å². The maximum Gasteiger partial charge on any atom is 0.409 e. The van der Waals surface area contributed by atoms with Crippen molar-refractivity contribution >= 4 is 53.8 Å². The number of esters is 1. The van der Waals surface area contributed by atoms with Crippen LogP contribution in [-0.4, -0.2) is 109 Å². The third kappa shape index (κ3) is 9.55. The summed E-state index contributed by atoms with van der Waals surface area (Å²) in [4.78, 5) is 56.8. The van der Waals surface area contributed by atoms with Gasteiger partial charge in [0, 0.05) is 44.2 Å². The minimum absolute atomic E-state index is 0.0729. The molecule has 3 heterocycles. The van der Waals surface area contributed by atoms with E-state index in [2.05, 4.69) is 17.9 Å². The van der Waals surface area contributed by atoms with Gasteiger partial charge in [0.1, 0.15) is 40.7 Å². The minimum Gasteiger partial charge on any atom is -0.495 e. The standard InChI is InChI=1S/C39H56ClN3O10S/c1-22-13-12-14-27(50-11)39(48)21-29(52-35(47)41-39)37(5,6)34-38(7,53-34)28(51-33(46)23(2)42(8)30(44)15-16-36(3,4)54)20-31(45)43(9)25-18-24(17-22)19-26(49-10)32(25)40/h12-14,18-19,23,27-29,34,48,54H,15-17,20-21H2,1-11H3,(H,41,47)/t23?,27?,28?,29-,34+,38+,39+/m1/s1. The molecule has 54 heavy (non-hydrogen) atoms. The van der Waals surface area contributed by atoms with Crippen molar-refractivity contribution in [2.24, 2.45) is 5.41 Å². The lowest BCUT2D eigenvalue weighted by molar-refractivity contribution is -0.162. The van der Waals surface area contributed by atoms with Gasteiger partial charge in [0.2, 0.25) is 11.8 Å². The zero-order valence-corrected chi connectivity index (χ0v) is 34.8. The van der Waals surface area contributed by atoms with Gasteiger partial charge < -0.3 is 38.6 Å². The van der Waals surface area contributed by atoms with Crippen LogP contribution in [0.2, 0.25) is 5.02 Å². The van der Waals surface area contributed by atoms with E-state index in [0.29, 0.717) is 24.3 Å². The van der Waals surface area contributed by atoms with Crippen LogP contribution in [0.5, 0.6) is 5.75 Å². The van der Waals surface area contributed by atoms with Crippen molar-refractivity contribution in [3.05, 3.63) is 46.5 Å². The molecule has 15 heteroatoms. The molecular formula is C39H56ClN3O10S. The average molecular weight is 794 g/mol. The Hall–Kier alpha value is -3.30. The Kier molecular flexibility index (Phi) is 13.2. The highest BCUT2D eigenvalue weighted by Gasteiger charge is 2.68. The van der Waals surface area contributed by atoms with Crippen molar-refractivity contribution < 1.29 is 48.0 Å². The number of hydrogen-bond donors (Lipinski definition) is 3. The molecule has 2 fully saturated rings. The molecule has 3 amide bonds. The summed E-state index contributed by atoms with van der Waals surface area (Å²) in [6, 6.07) is 2.59. The van der Waals surface area contributed by atoms with Crippen molar-refractivity contribution in [1.82, 2.24) is 10.2 Å². The van der Waals surface area contributed by atoms with E-state index in [1.54, 1.807) is 45.2 Å². The lowest BCUT2D eigenvalue weighted by atomic mass is 9.73. The molecule has 300 valence electrons. The Morgan fingerprint density at radius 2 is 1.89 bits per heavy atom. The van der Waals surface area contributed by atoms with Gasteiger partial charge in [-0.2, -0.15) is 12.6 Å². The number of likely N-dealkylation sites (N-methyl/N-ethyl adjacent to an activating group) is 1. The summed E-state index contributed by atoms with van der Waals surface area (Å²) in [7, 11) is 6.03. The predicted octanol–water partition coefficient (Wildman–Crippen LogP) is 5.39. The van der Waals surface area contributed by atoms with Crippen molar-refractivity contribution in [3.63, 3.8) is 0 Å². The number of nitrogens with one attached hydrogen (secondary N) is 1. The topological polar surface area (TPSA) is 156 Å². The fourth-order valence-corrected chi connectivity index (χ4v) is 7.52. The van der Waals surface area contributed by atoms with Crippen molar-refractivity contribution in [1.29, 1.82) is 0 Å².